The Hall–Kier alpha value is -2.88. The van der Waals surface area contributed by atoms with Gasteiger partial charge in [0.2, 0.25) is 0 Å². The van der Waals surface area contributed by atoms with E-state index in [9.17, 15) is 0 Å². The summed E-state index contributed by atoms with van der Waals surface area (Å²) in [4.78, 5) is 0. The van der Waals surface area contributed by atoms with Crippen LogP contribution in [0.2, 0.25) is 0 Å². The van der Waals surface area contributed by atoms with Gasteiger partial charge in [-0.25, -0.2) is 0 Å². The van der Waals surface area contributed by atoms with Crippen molar-refractivity contribution < 1.29 is 9.31 Å². The van der Waals surface area contributed by atoms with Crippen LogP contribution >= 0.6 is 0 Å². The maximum absolute atomic E-state index is 6.22. The molecule has 4 aromatic rings. The molecule has 0 unspecified atom stereocenters. The van der Waals surface area contributed by atoms with Gasteiger partial charge in [-0.15, -0.1) is 0 Å². The van der Waals surface area contributed by atoms with E-state index in [1.54, 1.807) is 0 Å². The summed E-state index contributed by atoms with van der Waals surface area (Å²) in [5, 5.41) is 5.06. The summed E-state index contributed by atoms with van der Waals surface area (Å²) in [6, 6.07) is 23.9. The summed E-state index contributed by atoms with van der Waals surface area (Å²) < 4.78 is 12.4. The number of hydrogen-bond acceptors (Lipinski definition) is 2. The van der Waals surface area contributed by atoms with E-state index in [1.165, 1.54) is 38.2 Å². The van der Waals surface area contributed by atoms with Gasteiger partial charge in [-0.05, 0) is 83.9 Å². The third-order valence-corrected chi connectivity index (χ3v) is 7.23. The van der Waals surface area contributed by atoms with Gasteiger partial charge in [0, 0.05) is 0 Å². The average molecular weight is 420 g/mol. The van der Waals surface area contributed by atoms with Crippen molar-refractivity contribution in [3.8, 4) is 11.1 Å². The standard InChI is InChI=1S/C29H29BO2/c1-7-24-25(18-15-22-12-11-21-10-8-9-19(2)26(21)27(22)24)20-13-16-23(17-14-20)30-31-28(3,4)29(5,6)32-30/h7-18H,1H2,2-6H3. The molecule has 1 fully saturated rings. The first-order valence-corrected chi connectivity index (χ1v) is 11.3. The van der Waals surface area contributed by atoms with Crippen molar-refractivity contribution in [3.63, 3.8) is 0 Å². The zero-order chi connectivity index (χ0) is 22.7. The Kier molecular flexibility index (Phi) is 4.81. The minimum absolute atomic E-state index is 0.344. The Labute approximate surface area is 191 Å². The number of benzene rings is 4. The lowest BCUT2D eigenvalue weighted by molar-refractivity contribution is 0.00578. The molecule has 0 aliphatic carbocycles. The first-order chi connectivity index (χ1) is 15.2. The second-order valence-electron chi connectivity index (χ2n) is 9.78. The van der Waals surface area contributed by atoms with Gasteiger partial charge in [-0.3, -0.25) is 0 Å². The molecular formula is C29H29BO2. The maximum Gasteiger partial charge on any atom is 0.494 e. The van der Waals surface area contributed by atoms with Crippen molar-refractivity contribution in [2.45, 2.75) is 45.8 Å². The van der Waals surface area contributed by atoms with Gasteiger partial charge in [-0.2, -0.15) is 0 Å². The predicted octanol–water partition coefficient (Wildman–Crippen LogP) is 6.91. The smallest absolute Gasteiger partial charge is 0.399 e. The van der Waals surface area contributed by atoms with Gasteiger partial charge in [0.25, 0.3) is 0 Å². The van der Waals surface area contributed by atoms with Crippen LogP contribution < -0.4 is 5.46 Å². The topological polar surface area (TPSA) is 18.5 Å². The molecule has 0 amide bonds. The highest BCUT2D eigenvalue weighted by Crippen LogP contribution is 2.38. The molecule has 5 rings (SSSR count). The lowest BCUT2D eigenvalue weighted by Gasteiger charge is -2.32. The van der Waals surface area contributed by atoms with Crippen LogP contribution in [0, 0.1) is 6.92 Å². The van der Waals surface area contributed by atoms with E-state index in [4.69, 9.17) is 9.31 Å². The Balaban J connectivity index is 1.61. The highest BCUT2D eigenvalue weighted by Gasteiger charge is 2.51. The second kappa shape index (κ2) is 7.33. The normalized spacial score (nSPS) is 17.2. The predicted molar refractivity (Wildman–Crippen MR) is 137 cm³/mol. The van der Waals surface area contributed by atoms with E-state index in [0.29, 0.717) is 0 Å². The molecule has 0 N–H and O–H groups in total. The summed E-state index contributed by atoms with van der Waals surface area (Å²) in [7, 11) is -0.351. The van der Waals surface area contributed by atoms with Crippen molar-refractivity contribution in [2.75, 3.05) is 0 Å². The Morgan fingerprint density at radius 2 is 1.34 bits per heavy atom. The zero-order valence-corrected chi connectivity index (χ0v) is 19.5. The molecule has 32 heavy (non-hydrogen) atoms. The van der Waals surface area contributed by atoms with Crippen LogP contribution in [0.1, 0.15) is 38.8 Å². The minimum atomic E-state index is -0.351. The van der Waals surface area contributed by atoms with Crippen molar-refractivity contribution in [1.82, 2.24) is 0 Å². The number of rotatable bonds is 3. The molecule has 4 aromatic carbocycles. The number of aryl methyl sites for hydroxylation is 1. The highest BCUT2D eigenvalue weighted by atomic mass is 16.7. The molecule has 0 saturated carbocycles. The first-order valence-electron chi connectivity index (χ1n) is 11.3. The zero-order valence-electron chi connectivity index (χ0n) is 19.5. The first kappa shape index (κ1) is 21.0. The van der Waals surface area contributed by atoms with E-state index in [-0.39, 0.29) is 18.3 Å². The van der Waals surface area contributed by atoms with Crippen molar-refractivity contribution >= 4 is 40.2 Å². The third-order valence-electron chi connectivity index (χ3n) is 7.23. The highest BCUT2D eigenvalue weighted by molar-refractivity contribution is 6.62. The van der Waals surface area contributed by atoms with Gasteiger partial charge in [0.15, 0.2) is 0 Å². The monoisotopic (exact) mass is 420 g/mol. The molecule has 0 radical (unpaired) electrons. The summed E-state index contributed by atoms with van der Waals surface area (Å²) in [6.07, 6.45) is 1.99. The van der Waals surface area contributed by atoms with Crippen LogP contribution in [0.4, 0.5) is 0 Å². The largest absolute Gasteiger partial charge is 0.494 e. The van der Waals surface area contributed by atoms with E-state index in [0.717, 1.165) is 11.0 Å². The van der Waals surface area contributed by atoms with Crippen LogP contribution in [0.15, 0.2) is 73.3 Å². The van der Waals surface area contributed by atoms with Gasteiger partial charge in [0.1, 0.15) is 0 Å². The van der Waals surface area contributed by atoms with Crippen molar-refractivity contribution in [2.24, 2.45) is 0 Å². The molecule has 0 aromatic heterocycles. The SMILES string of the molecule is C=Cc1c(-c2ccc(B3OC(C)(C)C(C)(C)O3)cc2)ccc2ccc3cccc(C)c3c12. The van der Waals surface area contributed by atoms with Crippen molar-refractivity contribution in [3.05, 3.63) is 84.4 Å². The van der Waals surface area contributed by atoms with Gasteiger partial charge >= 0.3 is 7.12 Å². The van der Waals surface area contributed by atoms with E-state index >= 15 is 0 Å². The lowest BCUT2D eigenvalue weighted by Crippen LogP contribution is -2.41. The van der Waals surface area contributed by atoms with Crippen LogP contribution in [-0.4, -0.2) is 18.3 Å². The second-order valence-corrected chi connectivity index (χ2v) is 9.78. The van der Waals surface area contributed by atoms with Crippen LogP contribution in [0.25, 0.3) is 38.7 Å². The van der Waals surface area contributed by atoms with Gasteiger partial charge in [-0.1, -0.05) is 79.4 Å². The minimum Gasteiger partial charge on any atom is -0.399 e. The quantitative estimate of drug-likeness (QED) is 0.265. The molecule has 0 bridgehead atoms. The molecule has 160 valence electrons. The van der Waals surface area contributed by atoms with Gasteiger partial charge < -0.3 is 9.31 Å². The molecule has 1 saturated heterocycles. The molecule has 0 atom stereocenters. The Morgan fingerprint density at radius 3 is 1.97 bits per heavy atom. The summed E-state index contributed by atoms with van der Waals surface area (Å²) in [5.74, 6) is 0. The van der Waals surface area contributed by atoms with E-state index in [2.05, 4.69) is 108 Å². The molecule has 0 spiro atoms. The molecule has 3 heteroatoms. The number of fused-ring (bicyclic) bond motifs is 3. The third kappa shape index (κ3) is 3.19. The fourth-order valence-corrected chi connectivity index (χ4v) is 4.67. The molecule has 1 aliphatic heterocycles. The maximum atomic E-state index is 6.22. The van der Waals surface area contributed by atoms with Crippen LogP contribution in [-0.2, 0) is 9.31 Å². The van der Waals surface area contributed by atoms with E-state index < -0.39 is 0 Å². The fourth-order valence-electron chi connectivity index (χ4n) is 4.67. The van der Waals surface area contributed by atoms with Crippen LogP contribution in [0.3, 0.4) is 0 Å². The number of hydrogen-bond donors (Lipinski definition) is 0. The summed E-state index contributed by atoms with van der Waals surface area (Å²) >= 11 is 0. The lowest BCUT2D eigenvalue weighted by atomic mass is 9.78. The molecule has 1 heterocycles. The Bertz CT molecular complexity index is 1330. The summed E-state index contributed by atoms with van der Waals surface area (Å²) in [6.45, 7) is 14.7. The summed E-state index contributed by atoms with van der Waals surface area (Å²) in [5.41, 5.74) is 5.15. The Morgan fingerprint density at radius 1 is 0.750 bits per heavy atom. The molecule has 2 nitrogen and oxygen atoms in total. The average Bonchev–Trinajstić information content (AvgIpc) is 2.99. The van der Waals surface area contributed by atoms with E-state index in [1.807, 2.05) is 6.08 Å². The molecular weight excluding hydrogens is 391 g/mol. The fraction of sp³-hybridized carbons (Fsp3) is 0.241. The van der Waals surface area contributed by atoms with Crippen LogP contribution in [0.5, 0.6) is 0 Å². The van der Waals surface area contributed by atoms with Crippen molar-refractivity contribution in [1.29, 1.82) is 0 Å². The van der Waals surface area contributed by atoms with Gasteiger partial charge in [0.05, 0.1) is 11.2 Å². The molecule has 1 aliphatic rings.